The SMILES string of the molecule is CC(C)(C)[C@@H](C(=O)N1C[C@H](O)C[C@H]1C=O)N1CC(CNC(=O)C2CCCCN2)NN1. The number of hydrogen-bond donors (Lipinski definition) is 5. The van der Waals surface area contributed by atoms with E-state index in [-0.39, 0.29) is 36.9 Å². The molecule has 0 spiro atoms. The summed E-state index contributed by atoms with van der Waals surface area (Å²) in [5.74, 6) is -0.167. The van der Waals surface area contributed by atoms with E-state index in [1.807, 2.05) is 25.8 Å². The van der Waals surface area contributed by atoms with Gasteiger partial charge in [0.25, 0.3) is 0 Å². The van der Waals surface area contributed by atoms with Gasteiger partial charge in [0, 0.05) is 26.1 Å². The van der Waals surface area contributed by atoms with Crippen LogP contribution < -0.4 is 21.6 Å². The van der Waals surface area contributed by atoms with Crippen molar-refractivity contribution < 1.29 is 19.5 Å². The van der Waals surface area contributed by atoms with Crippen molar-refractivity contribution in [1.29, 1.82) is 0 Å². The van der Waals surface area contributed by atoms with Crippen molar-refractivity contribution >= 4 is 18.1 Å². The highest BCUT2D eigenvalue weighted by Crippen LogP contribution is 2.29. The van der Waals surface area contributed by atoms with Gasteiger partial charge >= 0.3 is 0 Å². The van der Waals surface area contributed by atoms with E-state index in [1.54, 1.807) is 0 Å². The Kier molecular flexibility index (Phi) is 7.46. The molecule has 3 aliphatic heterocycles. The Morgan fingerprint density at radius 3 is 2.67 bits per heavy atom. The Morgan fingerprint density at radius 2 is 2.03 bits per heavy atom. The molecule has 0 aromatic carbocycles. The van der Waals surface area contributed by atoms with Crippen molar-refractivity contribution in [2.24, 2.45) is 5.41 Å². The van der Waals surface area contributed by atoms with Gasteiger partial charge in [0.05, 0.1) is 24.2 Å². The summed E-state index contributed by atoms with van der Waals surface area (Å²) in [5, 5.41) is 18.0. The molecule has 0 saturated carbocycles. The number of aliphatic hydroxyl groups excluding tert-OH is 1. The van der Waals surface area contributed by atoms with Gasteiger partial charge in [-0.05, 0) is 24.8 Å². The van der Waals surface area contributed by atoms with Crippen molar-refractivity contribution in [1.82, 2.24) is 31.5 Å². The van der Waals surface area contributed by atoms with E-state index in [0.717, 1.165) is 32.1 Å². The molecule has 0 aromatic rings. The van der Waals surface area contributed by atoms with E-state index in [0.29, 0.717) is 13.1 Å². The lowest BCUT2D eigenvalue weighted by molar-refractivity contribution is -0.145. The lowest BCUT2D eigenvalue weighted by Crippen LogP contribution is -2.58. The number of aldehydes is 1. The van der Waals surface area contributed by atoms with Crippen LogP contribution in [0.2, 0.25) is 0 Å². The van der Waals surface area contributed by atoms with Crippen LogP contribution in [-0.2, 0) is 14.4 Å². The van der Waals surface area contributed by atoms with Crippen LogP contribution in [0, 0.1) is 5.41 Å². The van der Waals surface area contributed by atoms with Gasteiger partial charge in [-0.2, -0.15) is 5.53 Å². The maximum absolute atomic E-state index is 13.3. The van der Waals surface area contributed by atoms with Crippen LogP contribution in [0.15, 0.2) is 0 Å². The molecule has 10 nitrogen and oxygen atoms in total. The summed E-state index contributed by atoms with van der Waals surface area (Å²) in [6.07, 6.45) is 3.36. The quantitative estimate of drug-likeness (QED) is 0.327. The number of nitrogens with zero attached hydrogens (tertiary/aromatic N) is 2. The fraction of sp³-hybridized carbons (Fsp3) is 0.850. The minimum Gasteiger partial charge on any atom is -0.391 e. The highest BCUT2D eigenvalue weighted by molar-refractivity contribution is 5.86. The third kappa shape index (κ3) is 5.36. The van der Waals surface area contributed by atoms with Crippen LogP contribution in [0.4, 0.5) is 0 Å². The van der Waals surface area contributed by atoms with Crippen LogP contribution in [0.5, 0.6) is 0 Å². The molecule has 0 radical (unpaired) electrons. The number of piperidine rings is 1. The van der Waals surface area contributed by atoms with Crippen LogP contribution in [0.3, 0.4) is 0 Å². The number of carbonyl (C=O) groups excluding carboxylic acids is 3. The molecule has 2 amide bonds. The largest absolute Gasteiger partial charge is 0.391 e. The maximum atomic E-state index is 13.3. The van der Waals surface area contributed by atoms with Crippen LogP contribution in [-0.4, -0.2) is 89.6 Å². The zero-order valence-electron chi connectivity index (χ0n) is 18.2. The van der Waals surface area contributed by atoms with Crippen molar-refractivity contribution in [3.8, 4) is 0 Å². The second-order valence-corrected chi connectivity index (χ2v) is 9.71. The molecular weight excluding hydrogens is 388 g/mol. The molecule has 0 aliphatic carbocycles. The third-order valence-corrected chi connectivity index (χ3v) is 6.11. The standard InChI is InChI=1S/C20H36N6O4/c1-20(2,3)17(19(30)25-11-15(28)8-14(25)12-27)26-10-13(23-24-26)9-22-18(29)16-6-4-5-7-21-16/h12-17,21,23-24,28H,4-11H2,1-3H3,(H,22,29)/t13?,14-,15+,16?,17+/m0/s1. The fourth-order valence-corrected chi connectivity index (χ4v) is 4.56. The number of hydrogen-bond acceptors (Lipinski definition) is 8. The van der Waals surface area contributed by atoms with E-state index in [9.17, 15) is 19.5 Å². The molecule has 3 fully saturated rings. The molecule has 2 unspecified atom stereocenters. The molecule has 0 bridgehead atoms. The molecule has 3 heterocycles. The summed E-state index contributed by atoms with van der Waals surface area (Å²) in [5.41, 5.74) is 5.83. The second-order valence-electron chi connectivity index (χ2n) is 9.71. The normalized spacial score (nSPS) is 31.5. The van der Waals surface area contributed by atoms with Crippen LogP contribution in [0.1, 0.15) is 46.5 Å². The van der Waals surface area contributed by atoms with Gasteiger partial charge in [-0.25, -0.2) is 10.4 Å². The van der Waals surface area contributed by atoms with E-state index in [4.69, 9.17) is 0 Å². The Hall–Kier alpha value is -1.59. The molecule has 30 heavy (non-hydrogen) atoms. The predicted molar refractivity (Wildman–Crippen MR) is 111 cm³/mol. The molecule has 5 atom stereocenters. The summed E-state index contributed by atoms with van der Waals surface area (Å²) in [4.78, 5) is 38.6. The molecule has 10 heteroatoms. The average molecular weight is 425 g/mol. The van der Waals surface area contributed by atoms with Gasteiger partial charge in [-0.15, -0.1) is 0 Å². The smallest absolute Gasteiger partial charge is 0.242 e. The Labute approximate surface area is 178 Å². The first-order valence-corrected chi connectivity index (χ1v) is 10.9. The van der Waals surface area contributed by atoms with Crippen molar-refractivity contribution in [2.75, 3.05) is 26.2 Å². The summed E-state index contributed by atoms with van der Waals surface area (Å²) in [7, 11) is 0. The topological polar surface area (TPSA) is 126 Å². The van der Waals surface area contributed by atoms with E-state index >= 15 is 0 Å². The first-order chi connectivity index (χ1) is 14.2. The van der Waals surface area contributed by atoms with Gasteiger partial charge in [0.1, 0.15) is 12.3 Å². The van der Waals surface area contributed by atoms with E-state index in [2.05, 4.69) is 21.6 Å². The highest BCUT2D eigenvalue weighted by Gasteiger charge is 2.45. The number of aliphatic hydroxyl groups is 1. The van der Waals surface area contributed by atoms with Gasteiger partial charge in [0.2, 0.25) is 11.8 Å². The minimum absolute atomic E-state index is 0.0123. The maximum Gasteiger partial charge on any atom is 0.242 e. The lowest BCUT2D eigenvalue weighted by Gasteiger charge is -2.39. The van der Waals surface area contributed by atoms with Gasteiger partial charge in [-0.1, -0.05) is 27.2 Å². The average Bonchev–Trinajstić information content (AvgIpc) is 3.32. The molecule has 3 saturated heterocycles. The number of carbonyl (C=O) groups is 3. The Balaban J connectivity index is 1.59. The van der Waals surface area contributed by atoms with Crippen molar-refractivity contribution in [2.45, 2.75) is 76.7 Å². The lowest BCUT2D eigenvalue weighted by atomic mass is 9.85. The monoisotopic (exact) mass is 424 g/mol. The molecular formula is C20H36N6O4. The zero-order chi connectivity index (χ0) is 21.9. The summed E-state index contributed by atoms with van der Waals surface area (Å²) >= 11 is 0. The van der Waals surface area contributed by atoms with Crippen molar-refractivity contribution in [3.05, 3.63) is 0 Å². The summed E-state index contributed by atoms with van der Waals surface area (Å²) in [6, 6.07) is -1.30. The zero-order valence-corrected chi connectivity index (χ0v) is 18.2. The number of likely N-dealkylation sites (tertiary alicyclic amines) is 1. The third-order valence-electron chi connectivity index (χ3n) is 6.11. The van der Waals surface area contributed by atoms with Gasteiger partial charge < -0.3 is 25.4 Å². The second kappa shape index (κ2) is 9.69. The molecule has 3 aliphatic rings. The molecule has 5 N–H and O–H groups in total. The van der Waals surface area contributed by atoms with Crippen LogP contribution >= 0.6 is 0 Å². The predicted octanol–water partition coefficient (Wildman–Crippen LogP) is -1.49. The minimum atomic E-state index is -0.675. The van der Waals surface area contributed by atoms with E-state index in [1.165, 1.54) is 4.90 Å². The van der Waals surface area contributed by atoms with Crippen molar-refractivity contribution in [3.63, 3.8) is 0 Å². The molecule has 3 rings (SSSR count). The number of β-amino-alcohol motifs (C(OH)–C–C–N with tert-alkyl or cyclic N) is 1. The molecule has 170 valence electrons. The number of hydrazine groups is 2. The first kappa shape index (κ1) is 23.1. The number of amides is 2. The fourth-order valence-electron chi connectivity index (χ4n) is 4.56. The highest BCUT2D eigenvalue weighted by atomic mass is 16.3. The summed E-state index contributed by atoms with van der Waals surface area (Å²) in [6.45, 7) is 7.94. The Morgan fingerprint density at radius 1 is 1.27 bits per heavy atom. The van der Waals surface area contributed by atoms with Crippen LogP contribution in [0.25, 0.3) is 0 Å². The Bertz CT molecular complexity index is 633. The first-order valence-electron chi connectivity index (χ1n) is 10.9. The molecule has 0 aromatic heterocycles. The van der Waals surface area contributed by atoms with Gasteiger partial charge in [0.15, 0.2) is 0 Å². The number of nitrogens with one attached hydrogen (secondary N) is 4. The van der Waals surface area contributed by atoms with Gasteiger partial charge in [-0.3, -0.25) is 9.59 Å². The summed E-state index contributed by atoms with van der Waals surface area (Å²) < 4.78 is 0. The van der Waals surface area contributed by atoms with E-state index < -0.39 is 23.6 Å². The number of rotatable bonds is 6.